The van der Waals surface area contributed by atoms with Crippen LogP contribution in [0.1, 0.15) is 81.9 Å². The molecule has 202 valence electrons. The molecule has 3 unspecified atom stereocenters. The van der Waals surface area contributed by atoms with Gasteiger partial charge in [-0.1, -0.05) is 18.2 Å². The lowest BCUT2D eigenvalue weighted by molar-refractivity contribution is -0.185. The smallest absolute Gasteiger partial charge is 0.391 e. The van der Waals surface area contributed by atoms with Crippen LogP contribution >= 0.6 is 0 Å². The maximum absolute atomic E-state index is 14.4. The van der Waals surface area contributed by atoms with Gasteiger partial charge < -0.3 is 9.84 Å². The van der Waals surface area contributed by atoms with Gasteiger partial charge in [0.1, 0.15) is 5.75 Å². The van der Waals surface area contributed by atoms with Gasteiger partial charge in [-0.2, -0.15) is 13.2 Å². The molecule has 0 amide bonds. The summed E-state index contributed by atoms with van der Waals surface area (Å²) in [6.07, 6.45) is -4.28. The van der Waals surface area contributed by atoms with Crippen molar-refractivity contribution < 1.29 is 36.6 Å². The van der Waals surface area contributed by atoms with Gasteiger partial charge in [-0.05, 0) is 86.8 Å². The number of carboxylic acid groups (broad SMARTS) is 1. The van der Waals surface area contributed by atoms with Gasteiger partial charge in [-0.25, -0.2) is 8.78 Å². The first kappa shape index (κ1) is 26.2. The number of halogens is 5. The highest BCUT2D eigenvalue weighted by atomic mass is 19.4. The van der Waals surface area contributed by atoms with E-state index in [1.54, 1.807) is 12.1 Å². The van der Waals surface area contributed by atoms with Crippen molar-refractivity contribution in [3.63, 3.8) is 0 Å². The van der Waals surface area contributed by atoms with Gasteiger partial charge in [0.25, 0.3) is 6.43 Å². The second kappa shape index (κ2) is 10.0. The summed E-state index contributed by atoms with van der Waals surface area (Å²) >= 11 is 0. The highest BCUT2D eigenvalue weighted by molar-refractivity contribution is 5.88. The van der Waals surface area contributed by atoms with Crippen molar-refractivity contribution in [2.75, 3.05) is 0 Å². The van der Waals surface area contributed by atoms with Crippen LogP contribution in [0.4, 0.5) is 22.0 Å². The molecule has 3 atom stereocenters. The summed E-state index contributed by atoms with van der Waals surface area (Å²) in [6, 6.07) is 8.99. The predicted molar refractivity (Wildman–Crippen MR) is 129 cm³/mol. The molecule has 3 fully saturated rings. The third-order valence-electron chi connectivity index (χ3n) is 8.76. The zero-order valence-electron chi connectivity index (χ0n) is 20.7. The van der Waals surface area contributed by atoms with Crippen molar-refractivity contribution in [3.05, 3.63) is 41.5 Å². The number of hydrogen-bond donors (Lipinski definition) is 1. The van der Waals surface area contributed by atoms with Gasteiger partial charge in [0.15, 0.2) is 0 Å². The highest BCUT2D eigenvalue weighted by Crippen LogP contribution is 2.45. The lowest BCUT2D eigenvalue weighted by Gasteiger charge is -2.41. The Hall–Kier alpha value is -2.42. The average Bonchev–Trinajstić information content (AvgIpc) is 3.11. The van der Waals surface area contributed by atoms with Gasteiger partial charge in [0.05, 0.1) is 23.5 Å². The molecule has 1 saturated carbocycles. The fourth-order valence-corrected chi connectivity index (χ4v) is 6.84. The molecule has 2 heterocycles. The molecule has 2 bridgehead atoms. The molecule has 0 radical (unpaired) electrons. The molecular weight excluding hydrogens is 493 g/mol. The molecular formula is C28H32F5NO3. The highest BCUT2D eigenvalue weighted by Gasteiger charge is 2.45. The first-order valence-electron chi connectivity index (χ1n) is 13.1. The van der Waals surface area contributed by atoms with E-state index in [1.165, 1.54) is 6.07 Å². The minimum absolute atomic E-state index is 0.0325. The number of hydrogen-bond acceptors (Lipinski definition) is 3. The predicted octanol–water partition coefficient (Wildman–Crippen LogP) is 7.67. The number of carbonyl (C=O) groups is 1. The number of rotatable bonds is 6. The van der Waals surface area contributed by atoms with Crippen LogP contribution in [-0.4, -0.2) is 40.3 Å². The lowest BCUT2D eigenvalue weighted by Crippen LogP contribution is -2.45. The molecule has 3 aliphatic rings. The number of fused-ring (bicyclic) bond motifs is 3. The van der Waals surface area contributed by atoms with E-state index in [2.05, 4.69) is 4.90 Å². The largest absolute Gasteiger partial charge is 0.490 e. The van der Waals surface area contributed by atoms with Crippen LogP contribution < -0.4 is 4.74 Å². The quantitative estimate of drug-likeness (QED) is 0.393. The molecule has 0 spiro atoms. The Morgan fingerprint density at radius 3 is 2.19 bits per heavy atom. The summed E-state index contributed by atoms with van der Waals surface area (Å²) in [7, 11) is 0. The van der Waals surface area contributed by atoms with E-state index in [-0.39, 0.29) is 61.0 Å². The first-order valence-corrected chi connectivity index (χ1v) is 13.1. The molecule has 9 heteroatoms. The van der Waals surface area contributed by atoms with Crippen molar-refractivity contribution in [3.8, 4) is 5.75 Å². The SMILES string of the molecule is CC(c1ccc2ccc(OC3CCC(C(F)(F)F)CC3)c(C(F)F)c2c1)N1C2CCC1CC(C(=O)O)C2. The lowest BCUT2D eigenvalue weighted by atomic mass is 9.87. The third-order valence-corrected chi connectivity index (χ3v) is 8.76. The Morgan fingerprint density at radius 2 is 1.62 bits per heavy atom. The summed E-state index contributed by atoms with van der Waals surface area (Å²) in [5, 5.41) is 10.5. The minimum Gasteiger partial charge on any atom is -0.490 e. The van der Waals surface area contributed by atoms with Gasteiger partial charge >= 0.3 is 12.1 Å². The zero-order chi connectivity index (χ0) is 26.5. The molecule has 2 aromatic carbocycles. The summed E-state index contributed by atoms with van der Waals surface area (Å²) in [5.41, 5.74) is 0.653. The normalized spacial score (nSPS) is 29.5. The van der Waals surface area contributed by atoms with Gasteiger partial charge in [0, 0.05) is 18.1 Å². The molecule has 0 aromatic heterocycles. The van der Waals surface area contributed by atoms with Crippen LogP contribution in [0.25, 0.3) is 10.8 Å². The summed E-state index contributed by atoms with van der Waals surface area (Å²) < 4.78 is 73.7. The van der Waals surface area contributed by atoms with Crippen LogP contribution in [0.3, 0.4) is 0 Å². The average molecular weight is 526 g/mol. The van der Waals surface area contributed by atoms with Crippen LogP contribution in [-0.2, 0) is 4.79 Å². The van der Waals surface area contributed by atoms with E-state index < -0.39 is 30.6 Å². The number of nitrogens with zero attached hydrogens (tertiary/aromatic N) is 1. The Bertz CT molecular complexity index is 1130. The monoisotopic (exact) mass is 525 g/mol. The van der Waals surface area contributed by atoms with Gasteiger partial charge in [0.2, 0.25) is 0 Å². The number of aliphatic carboxylic acids is 1. The molecule has 2 saturated heterocycles. The molecule has 37 heavy (non-hydrogen) atoms. The summed E-state index contributed by atoms with van der Waals surface area (Å²) in [5.74, 6) is -2.42. The van der Waals surface area contributed by atoms with Gasteiger partial charge in [-0.3, -0.25) is 9.69 Å². The first-order chi connectivity index (χ1) is 17.5. The topological polar surface area (TPSA) is 49.8 Å². The molecule has 4 nitrogen and oxygen atoms in total. The summed E-state index contributed by atoms with van der Waals surface area (Å²) in [4.78, 5) is 13.9. The maximum Gasteiger partial charge on any atom is 0.391 e. The van der Waals surface area contributed by atoms with E-state index >= 15 is 0 Å². The van der Waals surface area contributed by atoms with Crippen molar-refractivity contribution in [1.82, 2.24) is 4.90 Å². The maximum atomic E-state index is 14.4. The second-order valence-electron chi connectivity index (χ2n) is 10.9. The zero-order valence-corrected chi connectivity index (χ0v) is 20.7. The number of piperidine rings is 1. The third kappa shape index (κ3) is 5.16. The number of benzene rings is 2. The van der Waals surface area contributed by atoms with E-state index in [1.807, 2.05) is 19.1 Å². The van der Waals surface area contributed by atoms with Crippen molar-refractivity contribution in [1.29, 1.82) is 0 Å². The Morgan fingerprint density at radius 1 is 1.00 bits per heavy atom. The fourth-order valence-electron chi connectivity index (χ4n) is 6.84. The van der Waals surface area contributed by atoms with Crippen LogP contribution in [0.15, 0.2) is 30.3 Å². The van der Waals surface area contributed by atoms with Crippen molar-refractivity contribution in [2.45, 2.75) is 95.1 Å². The van der Waals surface area contributed by atoms with Crippen molar-refractivity contribution >= 4 is 16.7 Å². The number of alkyl halides is 5. The molecule has 2 aliphatic heterocycles. The fraction of sp³-hybridized carbons (Fsp3) is 0.607. The van der Waals surface area contributed by atoms with E-state index in [0.29, 0.717) is 23.6 Å². The summed E-state index contributed by atoms with van der Waals surface area (Å²) in [6.45, 7) is 2.04. The Labute approximate surface area is 212 Å². The Kier molecular flexibility index (Phi) is 7.11. The van der Waals surface area contributed by atoms with E-state index in [0.717, 1.165) is 18.4 Å². The van der Waals surface area contributed by atoms with Crippen LogP contribution in [0.5, 0.6) is 5.75 Å². The molecule has 5 rings (SSSR count). The molecule has 2 aromatic rings. The number of ether oxygens (including phenoxy) is 1. The van der Waals surface area contributed by atoms with Crippen LogP contribution in [0, 0.1) is 11.8 Å². The molecule has 1 aliphatic carbocycles. The number of carboxylic acids is 1. The van der Waals surface area contributed by atoms with E-state index in [9.17, 15) is 31.9 Å². The van der Waals surface area contributed by atoms with Gasteiger partial charge in [-0.15, -0.1) is 0 Å². The van der Waals surface area contributed by atoms with Crippen molar-refractivity contribution in [2.24, 2.45) is 11.8 Å². The Balaban J connectivity index is 1.39. The van der Waals surface area contributed by atoms with E-state index in [4.69, 9.17) is 4.74 Å². The van der Waals surface area contributed by atoms with Crippen LogP contribution in [0.2, 0.25) is 0 Å². The molecule has 1 N–H and O–H groups in total. The minimum atomic E-state index is -4.24. The standard InChI is InChI=1S/C28H32F5NO3/c1-15(34-20-7-8-21(34)13-18(12-20)27(35)36)17-3-2-16-4-11-24(25(26(29)30)23(16)14-17)37-22-9-5-19(6-10-22)28(31,32)33/h2-4,11,14-15,18-22,26H,5-10,12-13H2,1H3,(H,35,36). The second-order valence-corrected chi connectivity index (χ2v) is 10.9.